The highest BCUT2D eigenvalue weighted by atomic mass is 16.4. The molecule has 0 radical (unpaired) electrons. The molecule has 0 aromatic heterocycles. The van der Waals surface area contributed by atoms with Gasteiger partial charge in [-0.2, -0.15) is 0 Å². The standard InChI is InChI=1S/C17H28N2O/c1-16(2)7-13-8-17(3,9-16)10-19(13)15-12-5-4-11(6-12)14(15)18-20/h11-13,15,20H,4-10H2,1-3H3. The van der Waals surface area contributed by atoms with Crippen LogP contribution in [0.5, 0.6) is 0 Å². The zero-order valence-electron chi connectivity index (χ0n) is 13.1. The third kappa shape index (κ3) is 1.78. The zero-order chi connectivity index (χ0) is 14.1. The van der Waals surface area contributed by atoms with Crippen molar-refractivity contribution in [1.82, 2.24) is 4.90 Å². The molecular formula is C17H28N2O. The number of likely N-dealkylation sites (tertiary alicyclic amines) is 1. The second-order valence-corrected chi connectivity index (χ2v) is 9.13. The van der Waals surface area contributed by atoms with Crippen LogP contribution in [0.25, 0.3) is 0 Å². The molecule has 5 atom stereocenters. The van der Waals surface area contributed by atoms with Gasteiger partial charge in [0.1, 0.15) is 0 Å². The molecule has 0 amide bonds. The van der Waals surface area contributed by atoms with Crippen molar-refractivity contribution in [3.05, 3.63) is 0 Å². The molecule has 3 heteroatoms. The van der Waals surface area contributed by atoms with Gasteiger partial charge in [0.2, 0.25) is 0 Å². The first-order chi connectivity index (χ1) is 9.41. The minimum absolute atomic E-state index is 0.458. The maximum absolute atomic E-state index is 9.49. The fourth-order valence-corrected chi connectivity index (χ4v) is 6.47. The monoisotopic (exact) mass is 276 g/mol. The number of fused-ring (bicyclic) bond motifs is 4. The van der Waals surface area contributed by atoms with Crippen molar-refractivity contribution >= 4 is 5.71 Å². The van der Waals surface area contributed by atoms with E-state index in [2.05, 4.69) is 30.8 Å². The van der Waals surface area contributed by atoms with Crippen LogP contribution in [0.4, 0.5) is 0 Å². The molecule has 0 aromatic rings. The highest BCUT2D eigenvalue weighted by Gasteiger charge is 2.56. The van der Waals surface area contributed by atoms with Gasteiger partial charge in [0, 0.05) is 18.5 Å². The lowest BCUT2D eigenvalue weighted by atomic mass is 9.65. The molecule has 4 aliphatic rings. The van der Waals surface area contributed by atoms with Gasteiger partial charge < -0.3 is 5.21 Å². The van der Waals surface area contributed by atoms with Gasteiger partial charge >= 0.3 is 0 Å². The number of hydrogen-bond acceptors (Lipinski definition) is 3. The third-order valence-corrected chi connectivity index (χ3v) is 6.57. The molecule has 1 aliphatic heterocycles. The molecule has 3 nitrogen and oxygen atoms in total. The molecule has 1 heterocycles. The fraction of sp³-hybridized carbons (Fsp3) is 0.941. The first-order valence-electron chi connectivity index (χ1n) is 8.38. The minimum Gasteiger partial charge on any atom is -0.411 e. The van der Waals surface area contributed by atoms with Crippen molar-refractivity contribution in [1.29, 1.82) is 0 Å². The summed E-state index contributed by atoms with van der Waals surface area (Å²) in [4.78, 5) is 2.74. The molecule has 4 fully saturated rings. The van der Waals surface area contributed by atoms with Gasteiger partial charge in [0.25, 0.3) is 0 Å². The van der Waals surface area contributed by atoms with E-state index >= 15 is 0 Å². The second kappa shape index (κ2) is 4.00. The number of nitrogens with zero attached hydrogens (tertiary/aromatic N) is 2. The number of hydrogen-bond donors (Lipinski definition) is 1. The van der Waals surface area contributed by atoms with Crippen LogP contribution in [0, 0.1) is 22.7 Å². The molecule has 0 aromatic carbocycles. The Hall–Kier alpha value is -0.570. The average molecular weight is 276 g/mol. The molecule has 4 rings (SSSR count). The zero-order valence-corrected chi connectivity index (χ0v) is 13.1. The molecule has 0 spiro atoms. The summed E-state index contributed by atoms with van der Waals surface area (Å²) in [5, 5.41) is 13.2. The Bertz CT molecular complexity index is 458. The molecule has 3 aliphatic carbocycles. The predicted octanol–water partition coefficient (Wildman–Crippen LogP) is 3.52. The van der Waals surface area contributed by atoms with Crippen molar-refractivity contribution in [2.75, 3.05) is 6.54 Å². The highest BCUT2D eigenvalue weighted by Crippen LogP contribution is 2.56. The summed E-state index contributed by atoms with van der Waals surface area (Å²) in [6.07, 6.45) is 7.88. The number of rotatable bonds is 1. The molecule has 1 N–H and O–H groups in total. The first-order valence-corrected chi connectivity index (χ1v) is 8.38. The lowest BCUT2D eigenvalue weighted by Crippen LogP contribution is -2.47. The van der Waals surface area contributed by atoms with Gasteiger partial charge in [-0.05, 0) is 55.3 Å². The van der Waals surface area contributed by atoms with Crippen molar-refractivity contribution in [3.63, 3.8) is 0 Å². The van der Waals surface area contributed by atoms with Gasteiger partial charge in [-0.1, -0.05) is 25.9 Å². The minimum atomic E-state index is 0.458. The van der Waals surface area contributed by atoms with E-state index in [0.29, 0.717) is 28.8 Å². The summed E-state index contributed by atoms with van der Waals surface area (Å²) in [5.41, 5.74) is 2.07. The predicted molar refractivity (Wildman–Crippen MR) is 80.1 cm³/mol. The van der Waals surface area contributed by atoms with Crippen molar-refractivity contribution in [3.8, 4) is 0 Å². The quantitative estimate of drug-likeness (QED) is 0.587. The van der Waals surface area contributed by atoms with Gasteiger partial charge in [0.15, 0.2) is 0 Å². The van der Waals surface area contributed by atoms with Crippen LogP contribution in [0.1, 0.15) is 59.3 Å². The van der Waals surface area contributed by atoms with Gasteiger partial charge in [-0.15, -0.1) is 0 Å². The van der Waals surface area contributed by atoms with Crippen molar-refractivity contribution in [2.24, 2.45) is 27.8 Å². The van der Waals surface area contributed by atoms with E-state index in [1.54, 1.807) is 0 Å². The van der Waals surface area contributed by atoms with Gasteiger partial charge in [-0.3, -0.25) is 4.90 Å². The molecule has 5 unspecified atom stereocenters. The van der Waals surface area contributed by atoms with E-state index in [-0.39, 0.29) is 0 Å². The summed E-state index contributed by atoms with van der Waals surface area (Å²) in [6.45, 7) is 8.56. The SMILES string of the molecule is CC1(C)CC2CC(C)(CN2C2C(=NO)C3CCC2C3)C1. The number of oxime groups is 1. The van der Waals surface area contributed by atoms with Crippen molar-refractivity contribution in [2.45, 2.75) is 71.4 Å². The highest BCUT2D eigenvalue weighted by molar-refractivity contribution is 5.94. The Balaban J connectivity index is 1.64. The molecule has 112 valence electrons. The van der Waals surface area contributed by atoms with E-state index < -0.39 is 0 Å². The fourth-order valence-electron chi connectivity index (χ4n) is 6.47. The summed E-state index contributed by atoms with van der Waals surface area (Å²) >= 11 is 0. The van der Waals surface area contributed by atoms with E-state index in [4.69, 9.17) is 0 Å². The van der Waals surface area contributed by atoms with E-state index in [0.717, 1.165) is 11.6 Å². The largest absolute Gasteiger partial charge is 0.411 e. The Morgan fingerprint density at radius 3 is 2.75 bits per heavy atom. The first kappa shape index (κ1) is 13.1. The van der Waals surface area contributed by atoms with E-state index in [9.17, 15) is 5.21 Å². The lowest BCUT2D eigenvalue weighted by molar-refractivity contribution is 0.118. The molecule has 4 bridgehead atoms. The maximum Gasteiger partial charge on any atom is 0.0775 e. The van der Waals surface area contributed by atoms with Crippen LogP contribution in [0.2, 0.25) is 0 Å². The van der Waals surface area contributed by atoms with Crippen molar-refractivity contribution < 1.29 is 5.21 Å². The smallest absolute Gasteiger partial charge is 0.0775 e. The van der Waals surface area contributed by atoms with Crippen LogP contribution < -0.4 is 0 Å². The summed E-state index contributed by atoms with van der Waals surface area (Å²) in [7, 11) is 0. The molecule has 3 saturated carbocycles. The lowest BCUT2D eigenvalue weighted by Gasteiger charge is -2.41. The summed E-state index contributed by atoms with van der Waals surface area (Å²) in [6, 6.07) is 1.17. The molecular weight excluding hydrogens is 248 g/mol. The normalized spacial score (nSPS) is 52.0. The van der Waals surface area contributed by atoms with Crippen LogP contribution in [-0.4, -0.2) is 34.4 Å². The summed E-state index contributed by atoms with van der Waals surface area (Å²) < 4.78 is 0. The van der Waals surface area contributed by atoms with Gasteiger partial charge in [0.05, 0.1) is 11.8 Å². The van der Waals surface area contributed by atoms with E-state index in [1.807, 2.05) is 0 Å². The molecule has 20 heavy (non-hydrogen) atoms. The Kier molecular flexibility index (Phi) is 2.62. The van der Waals surface area contributed by atoms with Crippen LogP contribution in [0.15, 0.2) is 5.16 Å². The molecule has 1 saturated heterocycles. The topological polar surface area (TPSA) is 35.8 Å². The second-order valence-electron chi connectivity index (χ2n) is 9.13. The van der Waals surface area contributed by atoms with Crippen LogP contribution >= 0.6 is 0 Å². The summed E-state index contributed by atoms with van der Waals surface area (Å²) in [5.74, 6) is 1.34. The average Bonchev–Trinajstić information content (AvgIpc) is 2.98. The van der Waals surface area contributed by atoms with Gasteiger partial charge in [-0.25, -0.2) is 0 Å². The Morgan fingerprint density at radius 2 is 2.00 bits per heavy atom. The van der Waals surface area contributed by atoms with Crippen LogP contribution in [0.3, 0.4) is 0 Å². The Morgan fingerprint density at radius 1 is 1.20 bits per heavy atom. The maximum atomic E-state index is 9.49. The van der Waals surface area contributed by atoms with Crippen LogP contribution in [-0.2, 0) is 0 Å². The van der Waals surface area contributed by atoms with E-state index in [1.165, 1.54) is 45.1 Å². The Labute approximate surface area is 122 Å². The third-order valence-electron chi connectivity index (χ3n) is 6.57.